The highest BCUT2D eigenvalue weighted by Crippen LogP contribution is 2.18. The Kier molecular flexibility index (Phi) is 4.99. The third-order valence-corrected chi connectivity index (χ3v) is 2.43. The number of carbonyl (C=O) groups is 1. The Bertz CT molecular complexity index is 347. The first-order chi connectivity index (χ1) is 7.69. The van der Waals surface area contributed by atoms with Gasteiger partial charge in [-0.1, -0.05) is 18.2 Å². The molecule has 16 heavy (non-hydrogen) atoms. The van der Waals surface area contributed by atoms with Gasteiger partial charge in [0, 0.05) is 18.6 Å². The lowest BCUT2D eigenvalue weighted by atomic mass is 10.1. The highest BCUT2D eigenvalue weighted by molar-refractivity contribution is 5.85. The van der Waals surface area contributed by atoms with Crippen LogP contribution in [0.4, 0.5) is 0 Å². The highest BCUT2D eigenvalue weighted by Gasteiger charge is 2.15. The van der Waals surface area contributed by atoms with Gasteiger partial charge in [0.1, 0.15) is 11.9 Å². The lowest BCUT2D eigenvalue weighted by Gasteiger charge is -2.12. The first kappa shape index (κ1) is 12.7. The van der Waals surface area contributed by atoms with Crippen LogP contribution >= 0.6 is 0 Å². The van der Waals surface area contributed by atoms with E-state index >= 15 is 0 Å². The molecular formula is C13H18O3. The molecule has 1 unspecified atom stereocenters. The molecule has 0 aliphatic carbocycles. The topological polar surface area (TPSA) is 35.5 Å². The number of ether oxygens (including phenoxy) is 2. The van der Waals surface area contributed by atoms with Gasteiger partial charge in [0.05, 0.1) is 7.11 Å². The number of hydrogen-bond donors (Lipinski definition) is 0. The van der Waals surface area contributed by atoms with Gasteiger partial charge in [-0.3, -0.25) is 4.79 Å². The van der Waals surface area contributed by atoms with Crippen molar-refractivity contribution in [3.63, 3.8) is 0 Å². The van der Waals surface area contributed by atoms with Crippen molar-refractivity contribution in [1.82, 2.24) is 0 Å². The first-order valence-electron chi connectivity index (χ1n) is 5.45. The van der Waals surface area contributed by atoms with Crippen LogP contribution in [0.2, 0.25) is 0 Å². The van der Waals surface area contributed by atoms with Crippen LogP contribution in [0.15, 0.2) is 24.3 Å². The van der Waals surface area contributed by atoms with Gasteiger partial charge in [-0.15, -0.1) is 0 Å². The summed E-state index contributed by atoms with van der Waals surface area (Å²) in [5, 5.41) is 0. The van der Waals surface area contributed by atoms with Crippen LogP contribution in [0.25, 0.3) is 0 Å². The normalized spacial score (nSPS) is 12.2. The number of methoxy groups -OCH3 is 1. The van der Waals surface area contributed by atoms with Crippen LogP contribution in [0.3, 0.4) is 0 Å². The van der Waals surface area contributed by atoms with Crippen molar-refractivity contribution in [3.8, 4) is 5.75 Å². The Morgan fingerprint density at radius 1 is 1.38 bits per heavy atom. The Hall–Kier alpha value is -1.35. The number of hydrogen-bond acceptors (Lipinski definition) is 3. The molecule has 1 aromatic rings. The number of rotatable bonds is 6. The van der Waals surface area contributed by atoms with Gasteiger partial charge in [-0.05, 0) is 19.9 Å². The maximum absolute atomic E-state index is 11.8. The van der Waals surface area contributed by atoms with Gasteiger partial charge in [0.15, 0.2) is 5.78 Å². The second-order valence-electron chi connectivity index (χ2n) is 3.55. The van der Waals surface area contributed by atoms with Crippen molar-refractivity contribution in [2.75, 3.05) is 13.7 Å². The van der Waals surface area contributed by atoms with E-state index in [0.29, 0.717) is 13.0 Å². The molecule has 0 saturated heterocycles. The van der Waals surface area contributed by atoms with E-state index < -0.39 is 0 Å². The number of para-hydroxylation sites is 1. The minimum absolute atomic E-state index is 0.0753. The molecule has 1 atom stereocenters. The standard InChI is InChI=1S/C13H18O3/c1-4-16-10(2)12(14)9-11-7-5-6-8-13(11)15-3/h5-8,10H,4,9H2,1-3H3. The maximum Gasteiger partial charge on any atom is 0.165 e. The van der Waals surface area contributed by atoms with E-state index in [2.05, 4.69) is 0 Å². The van der Waals surface area contributed by atoms with Gasteiger partial charge in [0.25, 0.3) is 0 Å². The largest absolute Gasteiger partial charge is 0.496 e. The average Bonchev–Trinajstić information content (AvgIpc) is 2.30. The maximum atomic E-state index is 11.8. The fraction of sp³-hybridized carbons (Fsp3) is 0.462. The molecule has 0 aromatic heterocycles. The summed E-state index contributed by atoms with van der Waals surface area (Å²) in [4.78, 5) is 11.8. The molecule has 0 aliphatic rings. The minimum Gasteiger partial charge on any atom is -0.496 e. The summed E-state index contributed by atoms with van der Waals surface area (Å²) in [6.45, 7) is 4.22. The summed E-state index contributed by atoms with van der Waals surface area (Å²) in [5.41, 5.74) is 0.904. The van der Waals surface area contributed by atoms with Crippen molar-refractivity contribution in [1.29, 1.82) is 0 Å². The molecule has 0 heterocycles. The van der Waals surface area contributed by atoms with E-state index in [9.17, 15) is 4.79 Å². The molecule has 1 rings (SSSR count). The van der Waals surface area contributed by atoms with Crippen LogP contribution in [-0.4, -0.2) is 25.6 Å². The fourth-order valence-electron chi connectivity index (χ4n) is 1.52. The summed E-state index contributed by atoms with van der Waals surface area (Å²) in [5.74, 6) is 0.825. The Labute approximate surface area is 96.4 Å². The van der Waals surface area contributed by atoms with Crippen LogP contribution in [-0.2, 0) is 16.0 Å². The van der Waals surface area contributed by atoms with Crippen LogP contribution in [0, 0.1) is 0 Å². The minimum atomic E-state index is -0.352. The Morgan fingerprint density at radius 2 is 2.06 bits per heavy atom. The SMILES string of the molecule is CCOC(C)C(=O)Cc1ccccc1OC. The van der Waals surface area contributed by atoms with Gasteiger partial charge in [-0.25, -0.2) is 0 Å². The third-order valence-electron chi connectivity index (χ3n) is 2.43. The molecule has 0 fully saturated rings. The van der Waals surface area contributed by atoms with E-state index in [1.807, 2.05) is 31.2 Å². The quantitative estimate of drug-likeness (QED) is 0.740. The summed E-state index contributed by atoms with van der Waals surface area (Å²) < 4.78 is 10.5. The molecular weight excluding hydrogens is 204 g/mol. The first-order valence-corrected chi connectivity index (χ1v) is 5.45. The van der Waals surface area contributed by atoms with Crippen molar-refractivity contribution < 1.29 is 14.3 Å². The number of carbonyl (C=O) groups excluding carboxylic acids is 1. The molecule has 0 N–H and O–H groups in total. The fourth-order valence-corrected chi connectivity index (χ4v) is 1.52. The molecule has 0 radical (unpaired) electrons. The number of ketones is 1. The van der Waals surface area contributed by atoms with E-state index in [4.69, 9.17) is 9.47 Å². The van der Waals surface area contributed by atoms with Gasteiger partial charge < -0.3 is 9.47 Å². The summed E-state index contributed by atoms with van der Waals surface area (Å²) in [6, 6.07) is 7.54. The average molecular weight is 222 g/mol. The molecule has 0 bridgehead atoms. The Balaban J connectivity index is 2.69. The zero-order valence-electron chi connectivity index (χ0n) is 10.0. The predicted octanol–water partition coefficient (Wildman–Crippen LogP) is 2.23. The lowest BCUT2D eigenvalue weighted by molar-refractivity contribution is -0.128. The van der Waals surface area contributed by atoms with E-state index in [1.54, 1.807) is 14.0 Å². The van der Waals surface area contributed by atoms with Crippen molar-refractivity contribution in [3.05, 3.63) is 29.8 Å². The van der Waals surface area contributed by atoms with Crippen molar-refractivity contribution in [2.24, 2.45) is 0 Å². The molecule has 0 aliphatic heterocycles. The smallest absolute Gasteiger partial charge is 0.165 e. The molecule has 3 nitrogen and oxygen atoms in total. The van der Waals surface area contributed by atoms with Crippen LogP contribution in [0.1, 0.15) is 19.4 Å². The molecule has 1 aromatic carbocycles. The molecule has 0 saturated carbocycles. The third kappa shape index (κ3) is 3.35. The molecule has 0 spiro atoms. The molecule has 3 heteroatoms. The van der Waals surface area contributed by atoms with Gasteiger partial charge in [-0.2, -0.15) is 0 Å². The summed E-state index contributed by atoms with van der Waals surface area (Å²) in [7, 11) is 1.61. The van der Waals surface area contributed by atoms with E-state index in [0.717, 1.165) is 11.3 Å². The Morgan fingerprint density at radius 3 is 2.69 bits per heavy atom. The summed E-state index contributed by atoms with van der Waals surface area (Å²) in [6.07, 6.45) is 0.000428. The zero-order chi connectivity index (χ0) is 12.0. The lowest BCUT2D eigenvalue weighted by Crippen LogP contribution is -2.22. The summed E-state index contributed by atoms with van der Waals surface area (Å²) >= 11 is 0. The van der Waals surface area contributed by atoms with E-state index in [-0.39, 0.29) is 11.9 Å². The van der Waals surface area contributed by atoms with Crippen molar-refractivity contribution in [2.45, 2.75) is 26.4 Å². The van der Waals surface area contributed by atoms with Crippen molar-refractivity contribution >= 4 is 5.78 Å². The second kappa shape index (κ2) is 6.28. The monoisotopic (exact) mass is 222 g/mol. The highest BCUT2D eigenvalue weighted by atomic mass is 16.5. The van der Waals surface area contributed by atoms with Gasteiger partial charge >= 0.3 is 0 Å². The number of benzene rings is 1. The molecule has 88 valence electrons. The molecule has 0 amide bonds. The van der Waals surface area contributed by atoms with Gasteiger partial charge in [0.2, 0.25) is 0 Å². The number of Topliss-reactive ketones (excluding diaryl/α,β-unsaturated/α-hetero) is 1. The van der Waals surface area contributed by atoms with E-state index in [1.165, 1.54) is 0 Å². The zero-order valence-corrected chi connectivity index (χ0v) is 10.0. The van der Waals surface area contributed by atoms with Crippen LogP contribution in [0.5, 0.6) is 5.75 Å². The predicted molar refractivity (Wildman–Crippen MR) is 62.8 cm³/mol. The van der Waals surface area contributed by atoms with Crippen LogP contribution < -0.4 is 4.74 Å². The second-order valence-corrected chi connectivity index (χ2v) is 3.55.